The van der Waals surface area contributed by atoms with Crippen molar-refractivity contribution in [2.45, 2.75) is 18.9 Å². The molecule has 42 heavy (non-hydrogen) atoms. The topological polar surface area (TPSA) is 98.8 Å². The number of para-hydroxylation sites is 1. The van der Waals surface area contributed by atoms with Crippen LogP contribution >= 0.6 is 0 Å². The minimum absolute atomic E-state index is 0.00792. The zero-order valence-electron chi connectivity index (χ0n) is 24.3. The highest BCUT2D eigenvalue weighted by molar-refractivity contribution is 5.94. The van der Waals surface area contributed by atoms with E-state index in [-0.39, 0.29) is 18.1 Å². The minimum Gasteiger partial charge on any atom is -0.493 e. The Morgan fingerprint density at radius 1 is 0.857 bits per heavy atom. The van der Waals surface area contributed by atoms with Crippen molar-refractivity contribution in [1.82, 2.24) is 4.90 Å². The van der Waals surface area contributed by atoms with Crippen molar-refractivity contribution in [3.05, 3.63) is 71.8 Å². The molecule has 222 valence electrons. The molecule has 0 spiro atoms. The summed E-state index contributed by atoms with van der Waals surface area (Å²) in [5, 5.41) is 2.90. The highest BCUT2D eigenvalue weighted by Gasteiger charge is 2.26. The van der Waals surface area contributed by atoms with E-state index in [1.807, 2.05) is 36.4 Å². The molecule has 0 aliphatic carbocycles. The first-order valence-electron chi connectivity index (χ1n) is 14.1. The van der Waals surface area contributed by atoms with Crippen molar-refractivity contribution < 1.29 is 33.3 Å². The van der Waals surface area contributed by atoms with Crippen LogP contribution in [0.15, 0.2) is 60.7 Å². The van der Waals surface area contributed by atoms with Crippen LogP contribution < -0.4 is 29.2 Å². The van der Waals surface area contributed by atoms with E-state index in [2.05, 4.69) is 27.2 Å². The second-order valence-electron chi connectivity index (χ2n) is 10.2. The minimum atomic E-state index is -0.561. The zero-order valence-corrected chi connectivity index (χ0v) is 24.3. The van der Waals surface area contributed by atoms with E-state index in [0.717, 1.165) is 37.4 Å². The highest BCUT2D eigenvalue weighted by atomic mass is 16.6. The number of hydrogen-bond donors (Lipinski definition) is 1. The van der Waals surface area contributed by atoms with E-state index in [1.165, 1.54) is 27.0 Å². The Balaban J connectivity index is 1.32. The van der Waals surface area contributed by atoms with Crippen LogP contribution in [0.4, 0.5) is 11.4 Å². The number of carbonyl (C=O) groups excluding carboxylic acids is 2. The van der Waals surface area contributed by atoms with Crippen LogP contribution in [0.5, 0.6) is 23.0 Å². The number of ether oxygens (including phenoxy) is 5. The normalized spacial score (nSPS) is 15.7. The molecule has 10 heteroatoms. The molecule has 1 fully saturated rings. The third kappa shape index (κ3) is 6.71. The Morgan fingerprint density at radius 3 is 2.24 bits per heavy atom. The first-order valence-corrected chi connectivity index (χ1v) is 14.1. The molecule has 1 unspecified atom stereocenters. The molecule has 3 aromatic carbocycles. The van der Waals surface area contributed by atoms with Crippen molar-refractivity contribution in [3.8, 4) is 23.0 Å². The molecular formula is C32H37N3O7. The van der Waals surface area contributed by atoms with Gasteiger partial charge in [-0.05, 0) is 42.8 Å². The largest absolute Gasteiger partial charge is 0.493 e. The zero-order chi connectivity index (χ0) is 29.5. The number of benzene rings is 3. The van der Waals surface area contributed by atoms with Gasteiger partial charge in [0.1, 0.15) is 18.5 Å². The van der Waals surface area contributed by atoms with Crippen molar-refractivity contribution in [2.24, 2.45) is 0 Å². The van der Waals surface area contributed by atoms with Crippen molar-refractivity contribution >= 4 is 23.3 Å². The van der Waals surface area contributed by atoms with Gasteiger partial charge in [0, 0.05) is 56.1 Å². The molecule has 2 heterocycles. The van der Waals surface area contributed by atoms with Gasteiger partial charge >= 0.3 is 5.97 Å². The number of nitrogens with one attached hydrogen (secondary N) is 1. The van der Waals surface area contributed by atoms with Gasteiger partial charge in [-0.25, -0.2) is 4.79 Å². The number of piperazine rings is 1. The lowest BCUT2D eigenvalue weighted by Crippen LogP contribution is -2.50. The molecule has 0 bridgehead atoms. The van der Waals surface area contributed by atoms with E-state index in [1.54, 1.807) is 12.1 Å². The Labute approximate surface area is 246 Å². The van der Waals surface area contributed by atoms with Gasteiger partial charge in [0.15, 0.2) is 11.5 Å². The first kappa shape index (κ1) is 29.1. The van der Waals surface area contributed by atoms with E-state index >= 15 is 0 Å². The Kier molecular flexibility index (Phi) is 9.33. The van der Waals surface area contributed by atoms with Crippen LogP contribution in [0.1, 0.15) is 22.3 Å². The third-order valence-electron chi connectivity index (χ3n) is 7.56. The summed E-state index contributed by atoms with van der Waals surface area (Å²) in [6.45, 7) is 4.03. The van der Waals surface area contributed by atoms with E-state index in [4.69, 9.17) is 23.7 Å². The van der Waals surface area contributed by atoms with Crippen molar-refractivity contribution in [2.75, 3.05) is 70.9 Å². The monoisotopic (exact) mass is 575 g/mol. The first-order chi connectivity index (χ1) is 20.5. The summed E-state index contributed by atoms with van der Waals surface area (Å²) in [6, 6.07) is 19.1. The van der Waals surface area contributed by atoms with Gasteiger partial charge < -0.3 is 33.9 Å². The van der Waals surface area contributed by atoms with Gasteiger partial charge in [-0.15, -0.1) is 0 Å². The Hall–Kier alpha value is -4.44. The molecule has 0 aromatic heterocycles. The number of rotatable bonds is 11. The van der Waals surface area contributed by atoms with Gasteiger partial charge in [0.05, 0.1) is 26.9 Å². The molecule has 5 rings (SSSR count). The van der Waals surface area contributed by atoms with Gasteiger partial charge in [0.25, 0.3) is 0 Å². The SMILES string of the molecule is COc1cc(C(=O)OC(COc2cccc3c2CCC(=O)N3)CN2CCN(c3ccccc3)CC2)cc(OC)c1OC. The molecule has 10 nitrogen and oxygen atoms in total. The fourth-order valence-corrected chi connectivity index (χ4v) is 5.37. The molecule has 2 aliphatic heterocycles. The van der Waals surface area contributed by atoms with Gasteiger partial charge in [-0.1, -0.05) is 24.3 Å². The van der Waals surface area contributed by atoms with Crippen LogP contribution in [-0.2, 0) is 16.0 Å². The van der Waals surface area contributed by atoms with Gasteiger partial charge in [-0.2, -0.15) is 0 Å². The van der Waals surface area contributed by atoms with Crippen LogP contribution in [0.2, 0.25) is 0 Å². The van der Waals surface area contributed by atoms with Crippen LogP contribution in [0.3, 0.4) is 0 Å². The van der Waals surface area contributed by atoms with Crippen molar-refractivity contribution in [3.63, 3.8) is 0 Å². The fraction of sp³-hybridized carbons (Fsp3) is 0.375. The third-order valence-corrected chi connectivity index (χ3v) is 7.56. The lowest BCUT2D eigenvalue weighted by atomic mass is 10.0. The number of amides is 1. The predicted octanol–water partition coefficient (Wildman–Crippen LogP) is 4.02. The maximum absolute atomic E-state index is 13.4. The summed E-state index contributed by atoms with van der Waals surface area (Å²) in [5.74, 6) is 1.28. The number of esters is 1. The molecule has 0 radical (unpaired) electrons. The summed E-state index contributed by atoms with van der Waals surface area (Å²) in [5.41, 5.74) is 3.19. The number of methoxy groups -OCH3 is 3. The van der Waals surface area contributed by atoms with Crippen LogP contribution in [0, 0.1) is 0 Å². The fourth-order valence-electron chi connectivity index (χ4n) is 5.37. The molecule has 0 saturated carbocycles. The smallest absolute Gasteiger partial charge is 0.338 e. The molecule has 1 N–H and O–H groups in total. The summed E-state index contributed by atoms with van der Waals surface area (Å²) in [4.78, 5) is 30.0. The summed E-state index contributed by atoms with van der Waals surface area (Å²) in [7, 11) is 4.51. The highest BCUT2D eigenvalue weighted by Crippen LogP contribution is 2.38. The summed E-state index contributed by atoms with van der Waals surface area (Å²) < 4.78 is 28.6. The quantitative estimate of drug-likeness (QED) is 0.340. The van der Waals surface area contributed by atoms with Crippen molar-refractivity contribution in [1.29, 1.82) is 0 Å². The summed E-state index contributed by atoms with van der Waals surface area (Å²) >= 11 is 0. The molecule has 2 aliphatic rings. The molecule has 1 saturated heterocycles. The van der Waals surface area contributed by atoms with Crippen LogP contribution in [0.25, 0.3) is 0 Å². The number of nitrogens with zero attached hydrogens (tertiary/aromatic N) is 2. The standard InChI is InChI=1S/C32H37N3O7/c1-38-28-18-22(19-29(39-2)31(28)40-3)32(37)42-24(20-34-14-16-35(17-15-34)23-8-5-4-6-9-23)21-41-27-11-7-10-26-25(27)12-13-30(36)33-26/h4-11,18-19,24H,12-17,20-21H2,1-3H3,(H,33,36). The van der Waals surface area contributed by atoms with E-state index < -0.39 is 12.1 Å². The molecule has 1 atom stereocenters. The summed E-state index contributed by atoms with van der Waals surface area (Å²) in [6.07, 6.45) is 0.432. The predicted molar refractivity (Wildman–Crippen MR) is 159 cm³/mol. The lowest BCUT2D eigenvalue weighted by Gasteiger charge is -2.37. The molecule has 3 aromatic rings. The average Bonchev–Trinajstić information content (AvgIpc) is 3.03. The second-order valence-corrected chi connectivity index (χ2v) is 10.2. The maximum atomic E-state index is 13.4. The van der Waals surface area contributed by atoms with Gasteiger partial charge in [-0.3, -0.25) is 9.69 Å². The lowest BCUT2D eigenvalue weighted by molar-refractivity contribution is -0.116. The molecular weight excluding hydrogens is 538 g/mol. The van der Waals surface area contributed by atoms with E-state index in [0.29, 0.717) is 42.4 Å². The molecule has 1 amide bonds. The number of hydrogen-bond acceptors (Lipinski definition) is 9. The van der Waals surface area contributed by atoms with Gasteiger partial charge in [0.2, 0.25) is 11.7 Å². The number of carbonyl (C=O) groups is 2. The Bertz CT molecular complexity index is 1370. The number of anilines is 2. The van der Waals surface area contributed by atoms with E-state index in [9.17, 15) is 9.59 Å². The second kappa shape index (κ2) is 13.5. The van der Waals surface area contributed by atoms with Crippen LogP contribution in [-0.4, -0.2) is 83.5 Å². The number of fused-ring (bicyclic) bond motifs is 1. The average molecular weight is 576 g/mol. The Morgan fingerprint density at radius 2 is 1.57 bits per heavy atom. The maximum Gasteiger partial charge on any atom is 0.338 e.